The van der Waals surface area contributed by atoms with Crippen molar-refractivity contribution >= 4 is 28.4 Å². The van der Waals surface area contributed by atoms with Gasteiger partial charge >= 0.3 is 0 Å². The Labute approximate surface area is 127 Å². The minimum Gasteiger partial charge on any atom is -0.382 e. The van der Waals surface area contributed by atoms with Crippen LogP contribution in [0.25, 0.3) is 10.9 Å². The zero-order valence-corrected chi connectivity index (χ0v) is 12.3. The molecule has 0 saturated heterocycles. The van der Waals surface area contributed by atoms with E-state index in [0.29, 0.717) is 12.0 Å². The molecule has 0 spiro atoms. The molecule has 1 aromatic carbocycles. The number of nitrogens with zero attached hydrogens (tertiary/aromatic N) is 5. The van der Waals surface area contributed by atoms with Crippen molar-refractivity contribution in [3.05, 3.63) is 36.2 Å². The molecule has 2 aromatic heterocycles. The van der Waals surface area contributed by atoms with Gasteiger partial charge in [0, 0.05) is 17.1 Å². The van der Waals surface area contributed by atoms with Crippen LogP contribution in [-0.4, -0.2) is 19.7 Å². The van der Waals surface area contributed by atoms with Crippen molar-refractivity contribution in [1.82, 2.24) is 19.7 Å². The van der Waals surface area contributed by atoms with Crippen LogP contribution in [0.4, 0.5) is 17.5 Å². The van der Waals surface area contributed by atoms with Gasteiger partial charge in [0.1, 0.15) is 17.5 Å². The summed E-state index contributed by atoms with van der Waals surface area (Å²) in [5, 5.41) is 17.3. The third-order valence-electron chi connectivity index (χ3n) is 3.28. The second kappa shape index (κ2) is 5.33. The Balaban J connectivity index is 1.91. The number of hydrogen-bond donors (Lipinski definition) is 2. The Hall–Kier alpha value is -3.14. The molecule has 7 heteroatoms. The van der Waals surface area contributed by atoms with Crippen LogP contribution in [0, 0.1) is 11.3 Å². The fourth-order valence-electron chi connectivity index (χ4n) is 2.21. The first-order chi connectivity index (χ1) is 10.6. The van der Waals surface area contributed by atoms with E-state index in [4.69, 9.17) is 11.0 Å². The lowest BCUT2D eigenvalue weighted by Gasteiger charge is -2.08. The largest absolute Gasteiger partial charge is 0.382 e. The summed E-state index contributed by atoms with van der Waals surface area (Å²) in [5.41, 5.74) is 7.85. The molecule has 0 unspecified atom stereocenters. The van der Waals surface area contributed by atoms with Gasteiger partial charge in [-0.2, -0.15) is 15.3 Å². The maximum absolute atomic E-state index is 8.82. The van der Waals surface area contributed by atoms with Gasteiger partial charge in [0.25, 0.3) is 0 Å². The van der Waals surface area contributed by atoms with Crippen molar-refractivity contribution in [2.24, 2.45) is 0 Å². The quantitative estimate of drug-likeness (QED) is 0.769. The van der Waals surface area contributed by atoms with E-state index in [1.807, 2.05) is 35.1 Å². The summed E-state index contributed by atoms with van der Waals surface area (Å²) in [7, 11) is 0. The average molecular weight is 293 g/mol. The minimum absolute atomic E-state index is 0.161. The highest BCUT2D eigenvalue weighted by Gasteiger charge is 2.08. The highest BCUT2D eigenvalue weighted by Crippen LogP contribution is 2.23. The van der Waals surface area contributed by atoms with Gasteiger partial charge in [0.2, 0.25) is 5.95 Å². The molecular formula is C15H15N7. The molecule has 3 aromatic rings. The van der Waals surface area contributed by atoms with Crippen molar-refractivity contribution in [2.45, 2.75) is 19.9 Å². The van der Waals surface area contributed by atoms with Crippen molar-refractivity contribution in [1.29, 1.82) is 5.26 Å². The van der Waals surface area contributed by atoms with Crippen LogP contribution >= 0.6 is 0 Å². The molecular weight excluding hydrogens is 278 g/mol. The lowest BCUT2D eigenvalue weighted by atomic mass is 10.2. The first kappa shape index (κ1) is 13.8. The molecule has 0 fully saturated rings. The number of rotatable bonds is 3. The molecule has 0 saturated carbocycles. The highest BCUT2D eigenvalue weighted by atomic mass is 15.3. The monoisotopic (exact) mass is 293 g/mol. The second-order valence-electron chi connectivity index (χ2n) is 5.19. The van der Waals surface area contributed by atoms with Crippen LogP contribution in [0.1, 0.15) is 25.5 Å². The molecule has 2 heterocycles. The molecule has 0 radical (unpaired) electrons. The smallest absolute Gasteiger partial charge is 0.229 e. The molecule has 0 aliphatic carbocycles. The number of nitrogens with one attached hydrogen (secondary N) is 1. The Morgan fingerprint density at radius 2 is 2.14 bits per heavy atom. The molecule has 0 atom stereocenters. The van der Waals surface area contributed by atoms with Crippen molar-refractivity contribution in [2.75, 3.05) is 11.1 Å². The predicted octanol–water partition coefficient (Wildman–Crippen LogP) is 2.60. The number of fused-ring (bicyclic) bond motifs is 1. The fraction of sp³-hybridized carbons (Fsp3) is 0.200. The fourth-order valence-corrected chi connectivity index (χ4v) is 2.21. The van der Waals surface area contributed by atoms with Crippen LogP contribution in [0.2, 0.25) is 0 Å². The Morgan fingerprint density at radius 3 is 2.82 bits per heavy atom. The number of nitrogens with two attached hydrogens (primary N) is 1. The van der Waals surface area contributed by atoms with Crippen molar-refractivity contribution in [3.63, 3.8) is 0 Å². The molecule has 3 rings (SSSR count). The average Bonchev–Trinajstić information content (AvgIpc) is 2.91. The van der Waals surface area contributed by atoms with E-state index >= 15 is 0 Å². The first-order valence-electron chi connectivity index (χ1n) is 6.85. The Morgan fingerprint density at radius 1 is 1.32 bits per heavy atom. The van der Waals surface area contributed by atoms with Crippen LogP contribution in [0.3, 0.4) is 0 Å². The van der Waals surface area contributed by atoms with E-state index in [0.717, 1.165) is 16.6 Å². The van der Waals surface area contributed by atoms with E-state index in [1.165, 1.54) is 6.20 Å². The van der Waals surface area contributed by atoms with Gasteiger partial charge in [-0.3, -0.25) is 4.68 Å². The highest BCUT2D eigenvalue weighted by molar-refractivity contribution is 5.83. The molecule has 0 amide bonds. The number of nitrogen functional groups attached to an aromatic ring is 1. The van der Waals surface area contributed by atoms with Gasteiger partial charge in [-0.25, -0.2) is 4.98 Å². The lowest BCUT2D eigenvalue weighted by molar-refractivity contribution is 0.551. The predicted molar refractivity (Wildman–Crippen MR) is 84.6 cm³/mol. The summed E-state index contributed by atoms with van der Waals surface area (Å²) in [6, 6.07) is 8.14. The van der Waals surface area contributed by atoms with Crippen LogP contribution < -0.4 is 11.1 Å². The molecule has 0 bridgehead atoms. The van der Waals surface area contributed by atoms with Gasteiger partial charge in [0.15, 0.2) is 0 Å². The second-order valence-corrected chi connectivity index (χ2v) is 5.19. The normalized spacial score (nSPS) is 10.8. The van der Waals surface area contributed by atoms with Crippen LogP contribution in [0.5, 0.6) is 0 Å². The summed E-state index contributed by atoms with van der Waals surface area (Å²) in [6.45, 7) is 4.18. The summed E-state index contributed by atoms with van der Waals surface area (Å²) >= 11 is 0. The molecule has 3 N–H and O–H groups in total. The van der Waals surface area contributed by atoms with E-state index in [1.54, 1.807) is 0 Å². The van der Waals surface area contributed by atoms with E-state index in [2.05, 4.69) is 34.2 Å². The lowest BCUT2D eigenvalue weighted by Crippen LogP contribution is -2.03. The standard InChI is InChI=1S/C15H15N7/c1-9(2)22-13-4-3-12(5-10(13)8-19-22)20-15-18-7-11(6-16)14(17)21-15/h3-5,7-9H,1-2H3,(H3,17,18,20,21). The van der Waals surface area contributed by atoms with E-state index in [9.17, 15) is 0 Å². The first-order valence-corrected chi connectivity index (χ1v) is 6.85. The molecule has 7 nitrogen and oxygen atoms in total. The summed E-state index contributed by atoms with van der Waals surface area (Å²) in [5.74, 6) is 0.515. The topological polar surface area (TPSA) is 105 Å². The molecule has 0 aliphatic heterocycles. The Bertz CT molecular complexity index is 873. The van der Waals surface area contributed by atoms with Crippen molar-refractivity contribution in [3.8, 4) is 6.07 Å². The van der Waals surface area contributed by atoms with Crippen molar-refractivity contribution < 1.29 is 0 Å². The van der Waals surface area contributed by atoms with Gasteiger partial charge in [0.05, 0.1) is 17.9 Å². The molecule has 0 aliphatic rings. The number of hydrogen-bond acceptors (Lipinski definition) is 6. The molecule has 110 valence electrons. The number of benzene rings is 1. The maximum atomic E-state index is 8.82. The summed E-state index contributed by atoms with van der Waals surface area (Å²) in [6.07, 6.45) is 3.23. The Kier molecular flexibility index (Phi) is 3.35. The van der Waals surface area contributed by atoms with E-state index < -0.39 is 0 Å². The zero-order chi connectivity index (χ0) is 15.7. The summed E-state index contributed by atoms with van der Waals surface area (Å²) in [4.78, 5) is 8.14. The summed E-state index contributed by atoms with van der Waals surface area (Å²) < 4.78 is 1.97. The minimum atomic E-state index is 0.161. The van der Waals surface area contributed by atoms with Gasteiger partial charge in [-0.15, -0.1) is 0 Å². The van der Waals surface area contributed by atoms with E-state index in [-0.39, 0.29) is 11.4 Å². The van der Waals surface area contributed by atoms with Gasteiger partial charge in [-0.05, 0) is 32.0 Å². The van der Waals surface area contributed by atoms with Gasteiger partial charge < -0.3 is 11.1 Å². The maximum Gasteiger partial charge on any atom is 0.229 e. The third kappa shape index (κ3) is 2.42. The van der Waals surface area contributed by atoms with Crippen LogP contribution in [0.15, 0.2) is 30.6 Å². The van der Waals surface area contributed by atoms with Crippen LogP contribution in [-0.2, 0) is 0 Å². The number of nitriles is 1. The zero-order valence-electron chi connectivity index (χ0n) is 12.3. The van der Waals surface area contributed by atoms with Gasteiger partial charge in [-0.1, -0.05) is 0 Å². The number of anilines is 3. The third-order valence-corrected chi connectivity index (χ3v) is 3.28. The molecule has 22 heavy (non-hydrogen) atoms. The SMILES string of the molecule is CC(C)n1ncc2cc(Nc3ncc(C#N)c(N)n3)ccc21. The number of aromatic nitrogens is 4.